The van der Waals surface area contributed by atoms with E-state index < -0.39 is 39.5 Å². The van der Waals surface area contributed by atoms with Gasteiger partial charge in [0.1, 0.15) is 23.7 Å². The summed E-state index contributed by atoms with van der Waals surface area (Å²) in [7, 11) is -9.13. The first kappa shape index (κ1) is 31.5. The van der Waals surface area contributed by atoms with Crippen LogP contribution in [0.1, 0.15) is 24.0 Å². The lowest BCUT2D eigenvalue weighted by Gasteiger charge is -2.17. The van der Waals surface area contributed by atoms with Gasteiger partial charge in [0.05, 0.1) is 18.1 Å². The number of nitrogens with two attached hydrogens (primary N) is 2. The Morgan fingerprint density at radius 1 is 1.10 bits per heavy atom. The zero-order valence-corrected chi connectivity index (χ0v) is 24.2. The highest BCUT2D eigenvalue weighted by molar-refractivity contribution is 7.92. The summed E-state index contributed by atoms with van der Waals surface area (Å²) in [5.74, 6) is -0.462. The highest BCUT2D eigenvalue weighted by Gasteiger charge is 2.32. The van der Waals surface area contributed by atoms with Gasteiger partial charge in [-0.1, -0.05) is 18.2 Å². The van der Waals surface area contributed by atoms with E-state index in [1.165, 1.54) is 12.1 Å². The van der Waals surface area contributed by atoms with Gasteiger partial charge in [-0.15, -0.1) is 11.3 Å². The van der Waals surface area contributed by atoms with Crippen LogP contribution in [0.3, 0.4) is 0 Å². The third-order valence-corrected chi connectivity index (χ3v) is 9.80. The van der Waals surface area contributed by atoms with E-state index >= 15 is 4.39 Å². The molecule has 1 unspecified atom stereocenters. The van der Waals surface area contributed by atoms with Crippen LogP contribution in [0.5, 0.6) is 17.2 Å². The van der Waals surface area contributed by atoms with Crippen molar-refractivity contribution in [3.63, 3.8) is 0 Å². The fourth-order valence-corrected chi connectivity index (χ4v) is 7.62. The molecule has 0 saturated heterocycles. The van der Waals surface area contributed by atoms with Gasteiger partial charge in [-0.2, -0.15) is 9.98 Å². The molecule has 2 aromatic carbocycles. The average molecular weight is 613 g/mol. The molecular weight excluding hydrogens is 582 g/mol. The maximum absolute atomic E-state index is 15.3. The van der Waals surface area contributed by atoms with E-state index in [9.17, 15) is 23.1 Å². The van der Waals surface area contributed by atoms with Crippen molar-refractivity contribution >= 4 is 29.0 Å². The molecule has 1 atom stereocenters. The zero-order valence-electron chi connectivity index (χ0n) is 21.6. The van der Waals surface area contributed by atoms with Gasteiger partial charge in [-0.05, 0) is 57.1 Å². The quantitative estimate of drug-likeness (QED) is 0.146. The summed E-state index contributed by atoms with van der Waals surface area (Å²) >= 11 is 0.511. The Balaban J connectivity index is 1.95. The topological polar surface area (TPSA) is 187 Å². The standard InChI is InChI=1S/C25H30FN4O7PS2/c1-17-19(9-10-21(35-13-5-11-27)23(17)36-14-6-12-28)24-20(15-29)22(26)25(39-24)40(33,34)30-16-38(31,32)37-18-7-3-2-4-8-18/h2-4,7-10,30H,5-6,11-14,16,27-28H2,1H3,(H,31,32). The number of para-hydroxylation sites is 1. The number of hydrogen-bond donors (Lipinski definition) is 4. The molecule has 11 nitrogen and oxygen atoms in total. The Labute approximate surface area is 236 Å². The number of nitrogens with one attached hydrogen (secondary N) is 1. The molecule has 0 amide bonds. The van der Waals surface area contributed by atoms with Crippen LogP contribution >= 0.6 is 18.9 Å². The maximum atomic E-state index is 15.3. The molecule has 1 aromatic heterocycles. The number of hydrogen-bond acceptors (Lipinski definition) is 10. The van der Waals surface area contributed by atoms with E-state index in [2.05, 4.69) is 0 Å². The first-order chi connectivity index (χ1) is 19.0. The molecule has 15 heteroatoms. The predicted octanol–water partition coefficient (Wildman–Crippen LogP) is 3.69. The van der Waals surface area contributed by atoms with Crippen molar-refractivity contribution in [3.8, 4) is 33.8 Å². The molecule has 0 aliphatic heterocycles. The van der Waals surface area contributed by atoms with Gasteiger partial charge in [-0.3, -0.25) is 0 Å². The second-order valence-corrected chi connectivity index (χ2v) is 13.2. The smallest absolute Gasteiger partial charge is 0.391 e. The van der Waals surface area contributed by atoms with Crippen molar-refractivity contribution in [2.75, 3.05) is 32.6 Å². The SMILES string of the molecule is Cc1c(-c2sc(S(=O)(=O)NCP(=O)(O)Oc3ccccc3)c(F)c2C#N)ccc(OCCCN)c1OCCCN. The summed E-state index contributed by atoms with van der Waals surface area (Å²) in [6.07, 6.45) is 0.134. The van der Waals surface area contributed by atoms with Crippen LogP contribution in [-0.2, 0) is 14.6 Å². The molecule has 3 rings (SSSR count). The molecule has 0 saturated carbocycles. The maximum Gasteiger partial charge on any atom is 0.391 e. The summed E-state index contributed by atoms with van der Waals surface area (Å²) in [6, 6.07) is 12.5. The van der Waals surface area contributed by atoms with Crippen LogP contribution in [0.25, 0.3) is 10.4 Å². The summed E-state index contributed by atoms with van der Waals surface area (Å²) < 4.78 is 71.5. The van der Waals surface area contributed by atoms with E-state index in [1.54, 1.807) is 43.3 Å². The van der Waals surface area contributed by atoms with Gasteiger partial charge < -0.3 is 30.4 Å². The lowest BCUT2D eigenvalue weighted by Crippen LogP contribution is -2.25. The molecule has 0 spiro atoms. The highest BCUT2D eigenvalue weighted by Crippen LogP contribution is 2.45. The number of rotatable bonds is 15. The van der Waals surface area contributed by atoms with Crippen molar-refractivity contribution < 1.29 is 36.3 Å². The Hall–Kier alpha value is -3.02. The van der Waals surface area contributed by atoms with Gasteiger partial charge in [0.2, 0.25) is 0 Å². The van der Waals surface area contributed by atoms with E-state index in [4.69, 9.17) is 25.5 Å². The van der Waals surface area contributed by atoms with Crippen LogP contribution in [0.15, 0.2) is 46.7 Å². The Morgan fingerprint density at radius 3 is 2.38 bits per heavy atom. The van der Waals surface area contributed by atoms with Gasteiger partial charge >= 0.3 is 7.60 Å². The molecule has 1 heterocycles. The minimum absolute atomic E-state index is 0.0442. The van der Waals surface area contributed by atoms with Crippen molar-refractivity contribution in [2.45, 2.75) is 24.0 Å². The molecule has 40 heavy (non-hydrogen) atoms. The Morgan fingerprint density at radius 2 is 1.75 bits per heavy atom. The number of ether oxygens (including phenoxy) is 2. The van der Waals surface area contributed by atoms with Crippen LogP contribution < -0.4 is 30.2 Å². The van der Waals surface area contributed by atoms with E-state index in [1.807, 2.05) is 4.72 Å². The molecule has 0 bridgehead atoms. The molecule has 0 radical (unpaired) electrons. The van der Waals surface area contributed by atoms with Crippen molar-refractivity contribution in [2.24, 2.45) is 11.5 Å². The van der Waals surface area contributed by atoms with Crippen LogP contribution in [0.2, 0.25) is 0 Å². The van der Waals surface area contributed by atoms with Gasteiger partial charge in [0.15, 0.2) is 21.5 Å². The second kappa shape index (κ2) is 14.0. The van der Waals surface area contributed by atoms with Crippen molar-refractivity contribution in [1.82, 2.24) is 4.72 Å². The Bertz CT molecular complexity index is 1510. The lowest BCUT2D eigenvalue weighted by atomic mass is 10.0. The molecule has 0 aliphatic carbocycles. The molecular formula is C25H30FN4O7PS2. The van der Waals surface area contributed by atoms with Crippen molar-refractivity contribution in [3.05, 3.63) is 59.4 Å². The number of nitrogens with zero attached hydrogens (tertiary/aromatic N) is 1. The van der Waals surface area contributed by atoms with Crippen LogP contribution in [-0.4, -0.2) is 45.9 Å². The number of benzene rings is 2. The van der Waals surface area contributed by atoms with Crippen molar-refractivity contribution in [1.29, 1.82) is 5.26 Å². The number of halogens is 1. The second-order valence-electron chi connectivity index (χ2n) is 8.41. The van der Waals surface area contributed by atoms with E-state index in [0.717, 1.165) is 0 Å². The van der Waals surface area contributed by atoms with E-state index in [0.29, 0.717) is 66.5 Å². The van der Waals surface area contributed by atoms with Crippen LogP contribution in [0.4, 0.5) is 4.39 Å². The normalized spacial score (nSPS) is 12.9. The highest BCUT2D eigenvalue weighted by atomic mass is 32.2. The summed E-state index contributed by atoms with van der Waals surface area (Å²) in [4.78, 5) is 10.2. The molecule has 216 valence electrons. The van der Waals surface area contributed by atoms with E-state index in [-0.39, 0.29) is 17.2 Å². The lowest BCUT2D eigenvalue weighted by molar-refractivity contribution is 0.264. The first-order valence-corrected chi connectivity index (χ1v) is 16.2. The Kier molecular flexibility index (Phi) is 11.1. The largest absolute Gasteiger partial charge is 0.490 e. The van der Waals surface area contributed by atoms with Crippen LogP contribution in [0, 0.1) is 24.1 Å². The number of thiophene rings is 1. The predicted molar refractivity (Wildman–Crippen MR) is 150 cm³/mol. The first-order valence-electron chi connectivity index (χ1n) is 12.1. The number of sulfonamides is 1. The zero-order chi connectivity index (χ0) is 29.3. The van der Waals surface area contributed by atoms with Gasteiger partial charge in [0.25, 0.3) is 10.0 Å². The summed E-state index contributed by atoms with van der Waals surface area (Å²) in [5.41, 5.74) is 11.5. The number of nitriles is 1. The van der Waals surface area contributed by atoms with Gasteiger partial charge in [0, 0.05) is 11.1 Å². The monoisotopic (exact) mass is 612 g/mol. The molecule has 6 N–H and O–H groups in total. The average Bonchev–Trinajstić information content (AvgIpc) is 3.26. The fraction of sp³-hybridized carbons (Fsp3) is 0.320. The summed E-state index contributed by atoms with van der Waals surface area (Å²) in [6.45, 7) is 3.10. The third kappa shape index (κ3) is 7.80. The van der Waals surface area contributed by atoms with Gasteiger partial charge in [-0.25, -0.2) is 17.4 Å². The summed E-state index contributed by atoms with van der Waals surface area (Å²) in [5, 5.41) is 9.71. The minimum Gasteiger partial charge on any atom is -0.490 e. The third-order valence-electron chi connectivity index (χ3n) is 5.44. The fourth-order valence-electron chi connectivity index (χ4n) is 3.49. The minimum atomic E-state index is -4.65. The molecule has 0 fully saturated rings. The molecule has 0 aliphatic rings. The molecule has 3 aromatic rings.